The van der Waals surface area contributed by atoms with Gasteiger partial charge in [0.1, 0.15) is 5.82 Å². The van der Waals surface area contributed by atoms with Crippen LogP contribution < -0.4 is 4.90 Å². The molecule has 3 heterocycles. The van der Waals surface area contributed by atoms with Gasteiger partial charge in [-0.15, -0.1) is 0 Å². The lowest BCUT2D eigenvalue weighted by atomic mass is 10.0. The van der Waals surface area contributed by atoms with E-state index in [0.717, 1.165) is 60.0 Å². The molecule has 1 fully saturated rings. The van der Waals surface area contributed by atoms with Crippen LogP contribution in [0, 0.1) is 0 Å². The van der Waals surface area contributed by atoms with E-state index < -0.39 is 0 Å². The monoisotopic (exact) mass is 470 g/mol. The number of hydrogen-bond donors (Lipinski definition) is 0. The van der Waals surface area contributed by atoms with Crippen LogP contribution in [0.2, 0.25) is 0 Å². The van der Waals surface area contributed by atoms with Gasteiger partial charge in [-0.05, 0) is 30.5 Å². The molecule has 0 N–H and O–H groups in total. The molecule has 0 radical (unpaired) electrons. The number of carbonyl (C=O) groups is 1. The molecule has 35 heavy (non-hydrogen) atoms. The molecule has 0 spiro atoms. The molecule has 0 atom stereocenters. The Morgan fingerprint density at radius 1 is 0.943 bits per heavy atom. The summed E-state index contributed by atoms with van der Waals surface area (Å²) in [6.45, 7) is 6.39. The molecule has 1 aromatic heterocycles. The van der Waals surface area contributed by atoms with Gasteiger partial charge in [-0.3, -0.25) is 4.79 Å². The molecule has 0 saturated carbocycles. The number of benzene rings is 2. The zero-order valence-corrected chi connectivity index (χ0v) is 20.6. The molecule has 1 amide bonds. The summed E-state index contributed by atoms with van der Waals surface area (Å²) >= 11 is 0. The van der Waals surface area contributed by atoms with Gasteiger partial charge in [0.05, 0.1) is 25.5 Å². The normalized spacial score (nSPS) is 15.7. The number of hydrogen-bond acceptors (Lipinski definition) is 5. The average Bonchev–Trinajstić information content (AvgIpc) is 2.93. The second-order valence-corrected chi connectivity index (χ2v) is 9.39. The Hall–Kier alpha value is -3.25. The predicted molar refractivity (Wildman–Crippen MR) is 139 cm³/mol. The number of morpholine rings is 1. The molecular formula is C29H34N4O2. The summed E-state index contributed by atoms with van der Waals surface area (Å²) in [5.41, 5.74) is 5.19. The highest BCUT2D eigenvalue weighted by molar-refractivity contribution is 5.94. The van der Waals surface area contributed by atoms with E-state index in [9.17, 15) is 4.79 Å². The smallest absolute Gasteiger partial charge is 0.254 e. The number of ether oxygens (including phenoxy) is 1. The minimum absolute atomic E-state index is 0.0795. The Labute approximate surface area is 208 Å². The SMILES string of the molecule is CCCCCc1ccc(C(=O)N2CCc3nc(-c4ccccc4)nc(N4CCOCC4)c3C2)cc1. The van der Waals surface area contributed by atoms with Gasteiger partial charge in [0.25, 0.3) is 5.91 Å². The third kappa shape index (κ3) is 5.38. The van der Waals surface area contributed by atoms with Crippen LogP contribution in [0.1, 0.15) is 53.4 Å². The lowest BCUT2D eigenvalue weighted by molar-refractivity contribution is 0.0733. The Morgan fingerprint density at radius 3 is 2.46 bits per heavy atom. The van der Waals surface area contributed by atoms with Crippen molar-refractivity contribution in [2.75, 3.05) is 37.7 Å². The molecular weight excluding hydrogens is 436 g/mol. The van der Waals surface area contributed by atoms with Crippen LogP contribution in [-0.2, 0) is 24.1 Å². The van der Waals surface area contributed by atoms with Gasteiger partial charge in [-0.2, -0.15) is 0 Å². The van der Waals surface area contributed by atoms with Gasteiger partial charge in [0.2, 0.25) is 0 Å². The molecule has 2 aliphatic heterocycles. The third-order valence-corrected chi connectivity index (χ3v) is 6.94. The van der Waals surface area contributed by atoms with Crippen molar-refractivity contribution in [1.82, 2.24) is 14.9 Å². The second kappa shape index (κ2) is 11.0. The van der Waals surface area contributed by atoms with Gasteiger partial charge >= 0.3 is 0 Å². The Morgan fingerprint density at radius 2 is 1.71 bits per heavy atom. The number of anilines is 1. The van der Waals surface area contributed by atoms with Crippen molar-refractivity contribution in [3.05, 3.63) is 77.0 Å². The fraction of sp³-hybridized carbons (Fsp3) is 0.414. The van der Waals surface area contributed by atoms with Crippen molar-refractivity contribution in [3.8, 4) is 11.4 Å². The van der Waals surface area contributed by atoms with Crippen molar-refractivity contribution < 1.29 is 9.53 Å². The summed E-state index contributed by atoms with van der Waals surface area (Å²) < 4.78 is 5.59. The fourth-order valence-corrected chi connectivity index (χ4v) is 4.90. The van der Waals surface area contributed by atoms with Gasteiger partial charge in [0.15, 0.2) is 5.82 Å². The fourth-order valence-electron chi connectivity index (χ4n) is 4.90. The quantitative estimate of drug-likeness (QED) is 0.459. The van der Waals surface area contributed by atoms with E-state index in [1.54, 1.807) is 0 Å². The Kier molecular flexibility index (Phi) is 7.38. The maximum atomic E-state index is 13.4. The van der Waals surface area contributed by atoms with Crippen molar-refractivity contribution in [2.45, 2.75) is 45.6 Å². The van der Waals surface area contributed by atoms with Crippen molar-refractivity contribution in [3.63, 3.8) is 0 Å². The van der Waals surface area contributed by atoms with Crippen LogP contribution >= 0.6 is 0 Å². The number of rotatable bonds is 7. The molecule has 2 aliphatic rings. The first kappa shape index (κ1) is 23.5. The van der Waals surface area contributed by atoms with E-state index in [0.29, 0.717) is 26.3 Å². The first-order valence-electron chi connectivity index (χ1n) is 12.9. The summed E-state index contributed by atoms with van der Waals surface area (Å²) in [7, 11) is 0. The van der Waals surface area contributed by atoms with Crippen LogP contribution in [0.5, 0.6) is 0 Å². The molecule has 6 heteroatoms. The van der Waals surface area contributed by atoms with E-state index in [4.69, 9.17) is 14.7 Å². The summed E-state index contributed by atoms with van der Waals surface area (Å²) in [4.78, 5) is 27.6. The van der Waals surface area contributed by atoms with Crippen LogP contribution in [0.25, 0.3) is 11.4 Å². The van der Waals surface area contributed by atoms with Crippen LogP contribution in [0.15, 0.2) is 54.6 Å². The zero-order valence-electron chi connectivity index (χ0n) is 20.6. The highest BCUT2D eigenvalue weighted by Gasteiger charge is 2.29. The van der Waals surface area contributed by atoms with E-state index >= 15 is 0 Å². The van der Waals surface area contributed by atoms with Crippen molar-refractivity contribution in [2.24, 2.45) is 0 Å². The number of amides is 1. The molecule has 6 nitrogen and oxygen atoms in total. The maximum Gasteiger partial charge on any atom is 0.254 e. The average molecular weight is 471 g/mol. The Balaban J connectivity index is 1.39. The van der Waals surface area contributed by atoms with Gasteiger partial charge in [-0.1, -0.05) is 62.2 Å². The number of fused-ring (bicyclic) bond motifs is 1. The summed E-state index contributed by atoms with van der Waals surface area (Å²) in [5.74, 6) is 1.78. The molecule has 2 aromatic carbocycles. The molecule has 5 rings (SSSR count). The molecule has 1 saturated heterocycles. The Bertz CT molecular complexity index is 1140. The van der Waals surface area contributed by atoms with Crippen LogP contribution in [-0.4, -0.2) is 53.6 Å². The van der Waals surface area contributed by atoms with Gasteiger partial charge < -0.3 is 14.5 Å². The number of carbonyl (C=O) groups excluding carboxylic acids is 1. The molecule has 0 unspecified atom stereocenters. The van der Waals surface area contributed by atoms with E-state index in [2.05, 4.69) is 36.1 Å². The summed E-state index contributed by atoms with van der Waals surface area (Å²) in [5, 5.41) is 0. The minimum atomic E-state index is 0.0795. The second-order valence-electron chi connectivity index (χ2n) is 9.39. The zero-order chi connectivity index (χ0) is 24.0. The molecule has 182 valence electrons. The van der Waals surface area contributed by atoms with E-state index in [-0.39, 0.29) is 5.91 Å². The van der Waals surface area contributed by atoms with Crippen LogP contribution in [0.4, 0.5) is 5.82 Å². The van der Waals surface area contributed by atoms with Gasteiger partial charge in [0, 0.05) is 42.7 Å². The third-order valence-electron chi connectivity index (χ3n) is 6.94. The summed E-state index contributed by atoms with van der Waals surface area (Å²) in [6.07, 6.45) is 5.46. The first-order chi connectivity index (χ1) is 17.2. The van der Waals surface area contributed by atoms with Crippen molar-refractivity contribution in [1.29, 1.82) is 0 Å². The maximum absolute atomic E-state index is 13.4. The molecule has 0 aliphatic carbocycles. The standard InChI is InChI=1S/C29H34N4O2/c1-2-3-5-8-22-11-13-24(14-12-22)29(34)33-16-15-26-25(21-33)28(32-17-19-35-20-18-32)31-27(30-26)23-9-6-4-7-10-23/h4,6-7,9-14H,2-3,5,8,15-21H2,1H3. The lowest BCUT2D eigenvalue weighted by Gasteiger charge is -2.34. The summed E-state index contributed by atoms with van der Waals surface area (Å²) in [6, 6.07) is 18.3. The predicted octanol–water partition coefficient (Wildman–Crippen LogP) is 4.91. The highest BCUT2D eigenvalue weighted by Crippen LogP contribution is 2.31. The van der Waals surface area contributed by atoms with E-state index in [1.807, 2.05) is 35.2 Å². The van der Waals surface area contributed by atoms with Gasteiger partial charge in [-0.25, -0.2) is 9.97 Å². The molecule has 3 aromatic rings. The van der Waals surface area contributed by atoms with Crippen molar-refractivity contribution >= 4 is 11.7 Å². The number of aromatic nitrogens is 2. The molecule has 0 bridgehead atoms. The number of aryl methyl sites for hydroxylation is 1. The topological polar surface area (TPSA) is 58.6 Å². The van der Waals surface area contributed by atoms with E-state index in [1.165, 1.54) is 24.8 Å². The minimum Gasteiger partial charge on any atom is -0.378 e. The lowest BCUT2D eigenvalue weighted by Crippen LogP contribution is -2.41. The largest absolute Gasteiger partial charge is 0.378 e. The number of unbranched alkanes of at least 4 members (excludes halogenated alkanes) is 2. The van der Waals surface area contributed by atoms with Crippen LogP contribution in [0.3, 0.4) is 0 Å². The highest BCUT2D eigenvalue weighted by atomic mass is 16.5. The first-order valence-corrected chi connectivity index (χ1v) is 12.9. The number of nitrogens with zero attached hydrogens (tertiary/aromatic N) is 4.